The van der Waals surface area contributed by atoms with E-state index in [4.69, 9.17) is 0 Å². The van der Waals surface area contributed by atoms with Crippen molar-refractivity contribution < 1.29 is 0 Å². The number of hydrogen-bond donors (Lipinski definition) is 0. The van der Waals surface area contributed by atoms with Crippen LogP contribution in [0.4, 0.5) is 0 Å². The molecule has 48 valence electrons. The van der Waals surface area contributed by atoms with E-state index in [0.717, 1.165) is 5.75 Å². The predicted octanol–water partition coefficient (Wildman–Crippen LogP) is 1.68. The van der Waals surface area contributed by atoms with Gasteiger partial charge in [-0.2, -0.15) is 0 Å². The van der Waals surface area contributed by atoms with Crippen LogP contribution in [-0.2, 0) is 0 Å². The zero-order chi connectivity index (χ0) is 6.53. The fourth-order valence-electron chi connectivity index (χ4n) is 0.434. The second kappa shape index (κ2) is 3.40. The first-order chi connectivity index (χ1) is 4.43. The molecule has 0 spiro atoms. The normalized spacial score (nSPS) is 22.9. The summed E-state index contributed by atoms with van der Waals surface area (Å²) in [5.41, 5.74) is -0.0111. The molecule has 0 aliphatic carbocycles. The molecule has 1 atom stereocenters. The second-order valence-electron chi connectivity index (χ2n) is 1.44. The van der Waals surface area contributed by atoms with Crippen LogP contribution in [-0.4, -0.2) is 17.6 Å². The molecule has 0 bridgehead atoms. The average molecular weight is 141 g/mol. The Bertz CT molecular complexity index is 140. The number of aliphatic imine (C=N–C) groups is 1. The standard InChI is InChI=1S/C5H7N3S/c1-2-3-9-5-6-4-7-8-5/h2,4-5H,1,3H2. The van der Waals surface area contributed by atoms with Gasteiger partial charge in [0.1, 0.15) is 6.34 Å². The fraction of sp³-hybridized carbons (Fsp3) is 0.400. The van der Waals surface area contributed by atoms with Crippen LogP contribution in [0.25, 0.3) is 0 Å². The first-order valence-corrected chi connectivity index (χ1v) is 3.62. The molecule has 3 nitrogen and oxygen atoms in total. The van der Waals surface area contributed by atoms with Crippen molar-refractivity contribution in [3.05, 3.63) is 12.7 Å². The van der Waals surface area contributed by atoms with Crippen LogP contribution in [0.2, 0.25) is 0 Å². The second-order valence-corrected chi connectivity index (χ2v) is 2.53. The van der Waals surface area contributed by atoms with E-state index in [-0.39, 0.29) is 5.50 Å². The van der Waals surface area contributed by atoms with E-state index >= 15 is 0 Å². The largest absolute Gasteiger partial charge is 0.233 e. The third-order valence-corrected chi connectivity index (χ3v) is 1.72. The van der Waals surface area contributed by atoms with Crippen molar-refractivity contribution in [2.45, 2.75) is 5.50 Å². The molecule has 1 heterocycles. The lowest BCUT2D eigenvalue weighted by Gasteiger charge is -1.95. The summed E-state index contributed by atoms with van der Waals surface area (Å²) in [6.07, 6.45) is 3.30. The van der Waals surface area contributed by atoms with Gasteiger partial charge < -0.3 is 0 Å². The molecule has 0 N–H and O–H groups in total. The topological polar surface area (TPSA) is 37.1 Å². The highest BCUT2D eigenvalue weighted by Gasteiger charge is 2.04. The molecule has 9 heavy (non-hydrogen) atoms. The van der Waals surface area contributed by atoms with Crippen LogP contribution >= 0.6 is 11.8 Å². The zero-order valence-electron chi connectivity index (χ0n) is 4.90. The molecule has 4 heteroatoms. The van der Waals surface area contributed by atoms with Gasteiger partial charge in [-0.05, 0) is 0 Å². The molecule has 0 fully saturated rings. The van der Waals surface area contributed by atoms with Gasteiger partial charge in [0.25, 0.3) is 0 Å². The summed E-state index contributed by atoms with van der Waals surface area (Å²) >= 11 is 1.61. The Hall–Kier alpha value is -0.640. The quantitative estimate of drug-likeness (QED) is 0.551. The molecule has 0 radical (unpaired) electrons. The summed E-state index contributed by atoms with van der Waals surface area (Å²) in [5.74, 6) is 0.876. The Balaban J connectivity index is 2.20. The number of rotatable bonds is 3. The van der Waals surface area contributed by atoms with E-state index in [1.165, 1.54) is 6.34 Å². The van der Waals surface area contributed by atoms with Crippen molar-refractivity contribution >= 4 is 18.1 Å². The Kier molecular flexibility index (Phi) is 2.45. The SMILES string of the molecule is C=CCSC1N=CN=N1. The van der Waals surface area contributed by atoms with Crippen LogP contribution in [0, 0.1) is 0 Å². The number of azo groups is 1. The van der Waals surface area contributed by atoms with E-state index in [9.17, 15) is 0 Å². The Labute approximate surface area is 58.0 Å². The molecule has 1 rings (SSSR count). The van der Waals surface area contributed by atoms with Crippen molar-refractivity contribution in [3.63, 3.8) is 0 Å². The third kappa shape index (κ3) is 1.97. The molecule has 0 aromatic carbocycles. The highest BCUT2D eigenvalue weighted by atomic mass is 32.2. The maximum atomic E-state index is 3.93. The van der Waals surface area contributed by atoms with E-state index in [2.05, 4.69) is 21.8 Å². The fourth-order valence-corrected chi connectivity index (χ4v) is 1.00. The van der Waals surface area contributed by atoms with Crippen molar-refractivity contribution in [1.82, 2.24) is 0 Å². The molecule has 0 saturated carbocycles. The molecular weight excluding hydrogens is 134 g/mol. The average Bonchev–Trinajstić information content (AvgIpc) is 2.34. The van der Waals surface area contributed by atoms with Crippen molar-refractivity contribution in [2.75, 3.05) is 5.75 Å². The van der Waals surface area contributed by atoms with Gasteiger partial charge >= 0.3 is 0 Å². The lowest BCUT2D eigenvalue weighted by molar-refractivity contribution is 0.974. The lowest BCUT2D eigenvalue weighted by Crippen LogP contribution is -1.88. The summed E-state index contributed by atoms with van der Waals surface area (Å²) in [5, 5.41) is 7.39. The van der Waals surface area contributed by atoms with Gasteiger partial charge in [-0.15, -0.1) is 28.6 Å². The van der Waals surface area contributed by atoms with Gasteiger partial charge in [0.2, 0.25) is 5.50 Å². The van der Waals surface area contributed by atoms with Gasteiger partial charge in [0, 0.05) is 5.75 Å². The van der Waals surface area contributed by atoms with Gasteiger partial charge in [0.05, 0.1) is 0 Å². The smallest absolute Gasteiger partial charge is 0.209 e. The van der Waals surface area contributed by atoms with Crippen LogP contribution in [0.5, 0.6) is 0 Å². The minimum Gasteiger partial charge on any atom is -0.233 e. The lowest BCUT2D eigenvalue weighted by atomic mass is 10.8. The Morgan fingerprint density at radius 2 is 2.67 bits per heavy atom. The molecular formula is C5H7N3S. The van der Waals surface area contributed by atoms with E-state index in [0.29, 0.717) is 0 Å². The van der Waals surface area contributed by atoms with Crippen LogP contribution < -0.4 is 0 Å². The summed E-state index contributed by atoms with van der Waals surface area (Å²) in [7, 11) is 0. The van der Waals surface area contributed by atoms with Crippen molar-refractivity contribution in [2.24, 2.45) is 15.2 Å². The molecule has 1 aliphatic rings. The number of nitrogens with zero attached hydrogens (tertiary/aromatic N) is 3. The maximum absolute atomic E-state index is 3.93. The molecule has 0 aromatic rings. The van der Waals surface area contributed by atoms with E-state index in [1.54, 1.807) is 11.8 Å². The third-order valence-electron chi connectivity index (χ3n) is 0.774. The number of hydrogen-bond acceptors (Lipinski definition) is 4. The summed E-state index contributed by atoms with van der Waals surface area (Å²) in [4.78, 5) is 3.93. The molecule has 0 saturated heterocycles. The summed E-state index contributed by atoms with van der Waals surface area (Å²) < 4.78 is 0. The Morgan fingerprint density at radius 1 is 1.78 bits per heavy atom. The zero-order valence-corrected chi connectivity index (χ0v) is 5.71. The predicted molar refractivity (Wildman–Crippen MR) is 39.8 cm³/mol. The van der Waals surface area contributed by atoms with Crippen molar-refractivity contribution in [1.29, 1.82) is 0 Å². The van der Waals surface area contributed by atoms with Gasteiger partial charge in [-0.3, -0.25) is 0 Å². The molecule has 0 aromatic heterocycles. The Morgan fingerprint density at radius 3 is 3.22 bits per heavy atom. The highest BCUT2D eigenvalue weighted by molar-refractivity contribution is 8.00. The van der Waals surface area contributed by atoms with Crippen LogP contribution in [0.15, 0.2) is 27.9 Å². The first kappa shape index (κ1) is 6.48. The van der Waals surface area contributed by atoms with E-state index in [1.807, 2.05) is 6.08 Å². The van der Waals surface area contributed by atoms with Crippen LogP contribution in [0.3, 0.4) is 0 Å². The highest BCUT2D eigenvalue weighted by Crippen LogP contribution is 2.16. The van der Waals surface area contributed by atoms with E-state index < -0.39 is 0 Å². The maximum Gasteiger partial charge on any atom is 0.209 e. The van der Waals surface area contributed by atoms with Gasteiger partial charge in [-0.1, -0.05) is 6.08 Å². The minimum absolute atomic E-state index is 0.0111. The summed E-state index contributed by atoms with van der Waals surface area (Å²) in [6, 6.07) is 0. The van der Waals surface area contributed by atoms with Crippen LogP contribution in [0.1, 0.15) is 0 Å². The number of thioether (sulfide) groups is 1. The molecule has 0 amide bonds. The molecule has 1 aliphatic heterocycles. The van der Waals surface area contributed by atoms with Gasteiger partial charge in [0.15, 0.2) is 0 Å². The molecule has 1 unspecified atom stereocenters. The van der Waals surface area contributed by atoms with Gasteiger partial charge in [-0.25, -0.2) is 4.99 Å². The van der Waals surface area contributed by atoms with Crippen molar-refractivity contribution in [3.8, 4) is 0 Å². The first-order valence-electron chi connectivity index (χ1n) is 2.57. The monoisotopic (exact) mass is 141 g/mol. The minimum atomic E-state index is -0.0111. The summed E-state index contributed by atoms with van der Waals surface area (Å²) in [6.45, 7) is 3.58.